The fourth-order valence-corrected chi connectivity index (χ4v) is 4.22. The highest BCUT2D eigenvalue weighted by molar-refractivity contribution is 6.06. The first-order valence-corrected chi connectivity index (χ1v) is 12.1. The first-order valence-electron chi connectivity index (χ1n) is 12.1. The molecule has 1 aliphatic rings. The van der Waals surface area contributed by atoms with E-state index in [1.54, 1.807) is 18.2 Å². The first-order chi connectivity index (χ1) is 17.9. The molecule has 0 saturated carbocycles. The number of nitrogens with zero attached hydrogens (tertiary/aromatic N) is 4. The lowest BCUT2D eigenvalue weighted by molar-refractivity contribution is -0.145. The second-order valence-corrected chi connectivity index (χ2v) is 8.64. The molecule has 1 saturated heterocycles. The number of carbonyl (C=O) groups is 1. The van der Waals surface area contributed by atoms with Gasteiger partial charge in [-0.3, -0.25) is 9.69 Å². The van der Waals surface area contributed by atoms with Crippen LogP contribution in [0.3, 0.4) is 0 Å². The molecule has 0 radical (unpaired) electrons. The van der Waals surface area contributed by atoms with Gasteiger partial charge in [0.15, 0.2) is 0 Å². The van der Waals surface area contributed by atoms with E-state index in [2.05, 4.69) is 30.5 Å². The highest BCUT2D eigenvalue weighted by atomic mass is 19.4. The SMILES string of the molecule is O=C(NCC(c1cnc(C(F)(F)F)nc1)N1CCCOCC1)c1cccc2nc(NCCCO)ccc12. The molecule has 1 fully saturated rings. The molecule has 2 aromatic heterocycles. The lowest BCUT2D eigenvalue weighted by atomic mass is 10.1. The van der Waals surface area contributed by atoms with Crippen molar-refractivity contribution >= 4 is 22.6 Å². The van der Waals surface area contributed by atoms with E-state index >= 15 is 0 Å². The zero-order valence-electron chi connectivity index (χ0n) is 20.2. The minimum Gasteiger partial charge on any atom is -0.396 e. The summed E-state index contributed by atoms with van der Waals surface area (Å²) in [5, 5.41) is 15.7. The van der Waals surface area contributed by atoms with Crippen molar-refractivity contribution < 1.29 is 27.8 Å². The normalized spacial score (nSPS) is 15.8. The van der Waals surface area contributed by atoms with E-state index in [-0.39, 0.29) is 19.1 Å². The molecule has 1 unspecified atom stereocenters. The fourth-order valence-electron chi connectivity index (χ4n) is 4.22. The molecular formula is C25H29F3N6O3. The summed E-state index contributed by atoms with van der Waals surface area (Å²) in [6.07, 6.45) is -0.932. The summed E-state index contributed by atoms with van der Waals surface area (Å²) in [6.45, 7) is 3.10. The highest BCUT2D eigenvalue weighted by Crippen LogP contribution is 2.27. The van der Waals surface area contributed by atoms with Gasteiger partial charge in [0.2, 0.25) is 5.82 Å². The maximum absolute atomic E-state index is 13.2. The van der Waals surface area contributed by atoms with Crippen molar-refractivity contribution in [3.63, 3.8) is 0 Å². The number of rotatable bonds is 9. The average Bonchev–Trinajstić information content (AvgIpc) is 3.18. The maximum Gasteiger partial charge on any atom is 0.451 e. The molecule has 9 nitrogen and oxygen atoms in total. The predicted molar refractivity (Wildman–Crippen MR) is 131 cm³/mol. The maximum atomic E-state index is 13.2. The second kappa shape index (κ2) is 12.3. The monoisotopic (exact) mass is 518 g/mol. The molecule has 1 aliphatic heterocycles. The van der Waals surface area contributed by atoms with Crippen LogP contribution in [0.4, 0.5) is 19.0 Å². The Morgan fingerprint density at radius 1 is 1.14 bits per heavy atom. The van der Waals surface area contributed by atoms with Gasteiger partial charge in [0, 0.05) is 68.3 Å². The smallest absolute Gasteiger partial charge is 0.396 e. The standard InChI is InChI=1S/C25H29F3N6O3/c26-25(27,28)24-31-14-17(15-32-24)21(34-9-3-12-37-13-10-34)16-30-23(36)19-4-1-5-20-18(19)6-7-22(33-20)29-8-2-11-35/h1,4-7,14-15,21,35H,2-3,8-13,16H2,(H,29,33)(H,30,36). The van der Waals surface area contributed by atoms with Crippen LogP contribution in [-0.2, 0) is 10.9 Å². The van der Waals surface area contributed by atoms with Crippen molar-refractivity contribution in [1.29, 1.82) is 0 Å². The number of nitrogens with one attached hydrogen (secondary N) is 2. The Labute approximate surface area is 212 Å². The number of hydrogen-bond acceptors (Lipinski definition) is 8. The summed E-state index contributed by atoms with van der Waals surface area (Å²) < 4.78 is 44.4. The summed E-state index contributed by atoms with van der Waals surface area (Å²) in [4.78, 5) is 26.9. The summed E-state index contributed by atoms with van der Waals surface area (Å²) in [7, 11) is 0. The van der Waals surface area contributed by atoms with Gasteiger partial charge in [-0.2, -0.15) is 13.2 Å². The Balaban J connectivity index is 1.53. The van der Waals surface area contributed by atoms with E-state index in [9.17, 15) is 18.0 Å². The van der Waals surface area contributed by atoms with Crippen LogP contribution in [0.25, 0.3) is 10.9 Å². The van der Waals surface area contributed by atoms with Crippen molar-refractivity contribution in [2.45, 2.75) is 25.1 Å². The number of benzene rings is 1. The third-order valence-electron chi connectivity index (χ3n) is 6.08. The largest absolute Gasteiger partial charge is 0.451 e. The molecule has 198 valence electrons. The number of aliphatic hydroxyl groups excluding tert-OH is 1. The van der Waals surface area contributed by atoms with Crippen molar-refractivity contribution in [2.24, 2.45) is 0 Å². The van der Waals surface area contributed by atoms with E-state index in [0.717, 1.165) is 6.42 Å². The van der Waals surface area contributed by atoms with Gasteiger partial charge in [-0.1, -0.05) is 6.07 Å². The summed E-state index contributed by atoms with van der Waals surface area (Å²) in [5.74, 6) is -0.881. The van der Waals surface area contributed by atoms with Crippen LogP contribution >= 0.6 is 0 Å². The van der Waals surface area contributed by atoms with Gasteiger partial charge in [0.25, 0.3) is 5.91 Å². The van der Waals surface area contributed by atoms with Crippen molar-refractivity contribution in [3.05, 3.63) is 59.7 Å². The minimum atomic E-state index is -4.63. The molecule has 0 spiro atoms. The third kappa shape index (κ3) is 6.90. The van der Waals surface area contributed by atoms with Crippen LogP contribution in [0.5, 0.6) is 0 Å². The molecule has 12 heteroatoms. The van der Waals surface area contributed by atoms with Gasteiger partial charge in [-0.05, 0) is 37.1 Å². The quantitative estimate of drug-likeness (QED) is 0.371. The molecule has 1 atom stereocenters. The highest BCUT2D eigenvalue weighted by Gasteiger charge is 2.35. The number of pyridine rings is 1. The van der Waals surface area contributed by atoms with Crippen molar-refractivity contribution in [3.8, 4) is 0 Å². The number of halogens is 3. The van der Waals surface area contributed by atoms with E-state index in [1.807, 2.05) is 12.1 Å². The Bertz CT molecular complexity index is 1180. The van der Waals surface area contributed by atoms with Crippen LogP contribution in [0.2, 0.25) is 0 Å². The zero-order valence-corrected chi connectivity index (χ0v) is 20.2. The van der Waals surface area contributed by atoms with Gasteiger partial charge in [-0.15, -0.1) is 0 Å². The van der Waals surface area contributed by atoms with Gasteiger partial charge < -0.3 is 20.5 Å². The lowest BCUT2D eigenvalue weighted by Crippen LogP contribution is -2.39. The predicted octanol–water partition coefficient (Wildman–Crippen LogP) is 3.03. The summed E-state index contributed by atoms with van der Waals surface area (Å²) in [5.41, 5.74) is 1.56. The molecule has 0 aliphatic carbocycles. The molecule has 3 aromatic rings. The number of amides is 1. The van der Waals surface area contributed by atoms with E-state index < -0.39 is 18.0 Å². The van der Waals surface area contributed by atoms with Gasteiger partial charge in [0.1, 0.15) is 5.82 Å². The number of carbonyl (C=O) groups excluding carboxylic acids is 1. The molecule has 37 heavy (non-hydrogen) atoms. The summed E-state index contributed by atoms with van der Waals surface area (Å²) in [6, 6.07) is 8.41. The van der Waals surface area contributed by atoms with Crippen LogP contribution < -0.4 is 10.6 Å². The van der Waals surface area contributed by atoms with E-state index in [4.69, 9.17) is 9.84 Å². The fraction of sp³-hybridized carbons (Fsp3) is 0.440. The van der Waals surface area contributed by atoms with Crippen LogP contribution in [0, 0.1) is 0 Å². The number of ether oxygens (including phenoxy) is 1. The molecule has 3 N–H and O–H groups in total. The molecular weight excluding hydrogens is 489 g/mol. The number of aromatic nitrogens is 3. The zero-order chi connectivity index (χ0) is 26.3. The Morgan fingerprint density at radius 3 is 2.70 bits per heavy atom. The van der Waals surface area contributed by atoms with Crippen LogP contribution in [0.15, 0.2) is 42.7 Å². The number of anilines is 1. The second-order valence-electron chi connectivity index (χ2n) is 8.64. The van der Waals surface area contributed by atoms with Gasteiger partial charge in [-0.25, -0.2) is 15.0 Å². The van der Waals surface area contributed by atoms with Gasteiger partial charge >= 0.3 is 6.18 Å². The van der Waals surface area contributed by atoms with Crippen LogP contribution in [0.1, 0.15) is 40.6 Å². The van der Waals surface area contributed by atoms with E-state index in [1.165, 1.54) is 12.4 Å². The average molecular weight is 519 g/mol. The minimum absolute atomic E-state index is 0.0783. The number of hydrogen-bond donors (Lipinski definition) is 3. The molecule has 1 aromatic carbocycles. The Hall–Kier alpha value is -3.35. The van der Waals surface area contributed by atoms with Crippen molar-refractivity contribution in [2.75, 3.05) is 51.3 Å². The number of fused-ring (bicyclic) bond motifs is 1. The molecule has 3 heterocycles. The Morgan fingerprint density at radius 2 is 1.95 bits per heavy atom. The molecule has 4 rings (SSSR count). The first kappa shape index (κ1) is 26.7. The molecule has 1 amide bonds. The summed E-state index contributed by atoms with van der Waals surface area (Å²) >= 11 is 0. The Kier molecular flexibility index (Phi) is 8.85. The third-order valence-corrected chi connectivity index (χ3v) is 6.08. The topological polar surface area (TPSA) is 113 Å². The van der Waals surface area contributed by atoms with Crippen LogP contribution in [-0.4, -0.2) is 76.9 Å². The molecule has 0 bridgehead atoms. The number of aliphatic hydroxyl groups is 1. The van der Waals surface area contributed by atoms with E-state index in [0.29, 0.717) is 67.1 Å². The lowest BCUT2D eigenvalue weighted by Gasteiger charge is -2.30. The van der Waals surface area contributed by atoms with Crippen molar-refractivity contribution in [1.82, 2.24) is 25.2 Å². The number of alkyl halides is 3. The van der Waals surface area contributed by atoms with Gasteiger partial charge in [0.05, 0.1) is 18.2 Å².